The molecule has 3 aromatic rings. The summed E-state index contributed by atoms with van der Waals surface area (Å²) in [6.07, 6.45) is 0. The van der Waals surface area contributed by atoms with Gasteiger partial charge in [0.1, 0.15) is 0 Å². The highest BCUT2D eigenvalue weighted by Crippen LogP contribution is 2.21. The van der Waals surface area contributed by atoms with Gasteiger partial charge in [-0.15, -0.1) is 5.10 Å². The van der Waals surface area contributed by atoms with Crippen molar-refractivity contribution in [2.24, 2.45) is 0 Å². The lowest BCUT2D eigenvalue weighted by molar-refractivity contribution is 0.102. The molecule has 128 valence electrons. The van der Waals surface area contributed by atoms with E-state index in [2.05, 4.69) is 15.5 Å². The molecule has 1 N–H and O–H groups in total. The Morgan fingerprint density at radius 2 is 1.88 bits per heavy atom. The molecule has 0 saturated carbocycles. The van der Waals surface area contributed by atoms with Crippen LogP contribution in [0.4, 0.5) is 18.9 Å². The molecule has 2 aromatic carbocycles. The maximum atomic E-state index is 13.7. The number of benzene rings is 2. The number of nitrogens with one attached hydrogen (secondary N) is 1. The molecule has 5 nitrogen and oxygen atoms in total. The molecule has 0 aliphatic carbocycles. The maximum Gasteiger partial charge on any atom is 0.278 e. The van der Waals surface area contributed by atoms with Gasteiger partial charge in [-0.2, -0.15) is 9.90 Å². The van der Waals surface area contributed by atoms with Crippen molar-refractivity contribution >= 4 is 23.2 Å². The Hall–Kier alpha value is -2.87. The third kappa shape index (κ3) is 3.34. The van der Waals surface area contributed by atoms with Crippen LogP contribution in [0.5, 0.6) is 0 Å². The standard InChI is InChI=1S/C16H10ClF3N4O/c1-8-15(23-24(22-8)10-4-2-3-9(17)7-10)16(25)21-12-6-5-11(18)13(19)14(12)20/h2-7H,1H3,(H,21,25). The highest BCUT2D eigenvalue weighted by Gasteiger charge is 2.20. The summed E-state index contributed by atoms with van der Waals surface area (Å²) in [5.41, 5.74) is 0.193. The zero-order valence-corrected chi connectivity index (χ0v) is 13.5. The monoisotopic (exact) mass is 366 g/mol. The van der Waals surface area contributed by atoms with Crippen LogP contribution in [-0.4, -0.2) is 20.9 Å². The molecule has 0 atom stereocenters. The molecule has 0 radical (unpaired) electrons. The Bertz CT molecular complexity index is 974. The minimum absolute atomic E-state index is 0.0934. The van der Waals surface area contributed by atoms with Crippen LogP contribution in [0.15, 0.2) is 36.4 Å². The Kier molecular flexibility index (Phi) is 4.45. The number of anilines is 1. The molecule has 1 aromatic heterocycles. The quantitative estimate of drug-likeness (QED) is 0.715. The summed E-state index contributed by atoms with van der Waals surface area (Å²) < 4.78 is 39.9. The summed E-state index contributed by atoms with van der Waals surface area (Å²) in [5, 5.41) is 10.7. The largest absolute Gasteiger partial charge is 0.318 e. The average molecular weight is 367 g/mol. The van der Waals surface area contributed by atoms with Gasteiger partial charge in [0.05, 0.1) is 17.1 Å². The van der Waals surface area contributed by atoms with E-state index < -0.39 is 29.0 Å². The number of carbonyl (C=O) groups is 1. The van der Waals surface area contributed by atoms with Gasteiger partial charge in [0.25, 0.3) is 5.91 Å². The number of hydrogen-bond acceptors (Lipinski definition) is 3. The van der Waals surface area contributed by atoms with Crippen molar-refractivity contribution in [1.29, 1.82) is 0 Å². The smallest absolute Gasteiger partial charge is 0.278 e. The number of halogens is 4. The molecule has 25 heavy (non-hydrogen) atoms. The zero-order chi connectivity index (χ0) is 18.1. The number of nitrogens with zero attached hydrogens (tertiary/aromatic N) is 3. The summed E-state index contributed by atoms with van der Waals surface area (Å²) in [5.74, 6) is -5.32. The van der Waals surface area contributed by atoms with Crippen molar-refractivity contribution in [1.82, 2.24) is 15.0 Å². The predicted octanol–water partition coefficient (Wildman–Crippen LogP) is 3.90. The van der Waals surface area contributed by atoms with Gasteiger partial charge in [0.2, 0.25) is 0 Å². The van der Waals surface area contributed by atoms with Crippen LogP contribution >= 0.6 is 11.6 Å². The zero-order valence-electron chi connectivity index (χ0n) is 12.7. The Morgan fingerprint density at radius 3 is 2.60 bits per heavy atom. The normalized spacial score (nSPS) is 10.8. The van der Waals surface area contributed by atoms with Crippen molar-refractivity contribution in [2.75, 3.05) is 5.32 Å². The highest BCUT2D eigenvalue weighted by atomic mass is 35.5. The van der Waals surface area contributed by atoms with Crippen molar-refractivity contribution in [3.05, 3.63) is 70.3 Å². The average Bonchev–Trinajstić information content (AvgIpc) is 2.97. The van der Waals surface area contributed by atoms with E-state index in [1.165, 1.54) is 11.7 Å². The summed E-state index contributed by atoms with van der Waals surface area (Å²) in [7, 11) is 0. The number of amides is 1. The molecule has 3 rings (SSSR count). The van der Waals surface area contributed by atoms with Crippen LogP contribution in [0.25, 0.3) is 5.69 Å². The molecule has 1 amide bonds. The fraction of sp³-hybridized carbons (Fsp3) is 0.0625. The van der Waals surface area contributed by atoms with Crippen LogP contribution in [0.3, 0.4) is 0 Å². The van der Waals surface area contributed by atoms with E-state index >= 15 is 0 Å². The molecule has 0 fully saturated rings. The summed E-state index contributed by atoms with van der Waals surface area (Å²) in [4.78, 5) is 13.5. The lowest BCUT2D eigenvalue weighted by Gasteiger charge is -2.06. The molecule has 9 heteroatoms. The second-order valence-corrected chi connectivity index (χ2v) is 5.52. The number of carbonyl (C=O) groups excluding carboxylic acids is 1. The van der Waals surface area contributed by atoms with Gasteiger partial charge in [-0.05, 0) is 37.3 Å². The summed E-state index contributed by atoms with van der Waals surface area (Å²) in [6, 6.07) is 8.26. The van der Waals surface area contributed by atoms with Gasteiger partial charge in [-0.25, -0.2) is 13.2 Å². The number of aryl methyl sites for hydroxylation is 1. The van der Waals surface area contributed by atoms with Gasteiger partial charge in [-0.1, -0.05) is 17.7 Å². The van der Waals surface area contributed by atoms with E-state index in [1.807, 2.05) is 0 Å². The minimum atomic E-state index is -1.67. The van der Waals surface area contributed by atoms with E-state index in [1.54, 1.807) is 24.3 Å². The van der Waals surface area contributed by atoms with Gasteiger partial charge >= 0.3 is 0 Å². The topological polar surface area (TPSA) is 59.8 Å². The van der Waals surface area contributed by atoms with Crippen LogP contribution in [0.2, 0.25) is 5.02 Å². The van der Waals surface area contributed by atoms with Gasteiger partial charge < -0.3 is 5.32 Å². The van der Waals surface area contributed by atoms with E-state index in [0.29, 0.717) is 16.8 Å². The number of aromatic nitrogens is 3. The third-order valence-corrected chi connectivity index (χ3v) is 3.55. The first kappa shape index (κ1) is 17.0. The first-order valence-corrected chi connectivity index (χ1v) is 7.39. The first-order valence-electron chi connectivity index (χ1n) is 7.01. The SMILES string of the molecule is Cc1nn(-c2cccc(Cl)c2)nc1C(=O)Nc1ccc(F)c(F)c1F. The van der Waals surface area contributed by atoms with Crippen LogP contribution < -0.4 is 5.32 Å². The van der Waals surface area contributed by atoms with Crippen LogP contribution in [0.1, 0.15) is 16.2 Å². The third-order valence-electron chi connectivity index (χ3n) is 3.32. The van der Waals surface area contributed by atoms with E-state index in [9.17, 15) is 18.0 Å². The Balaban J connectivity index is 1.90. The second-order valence-electron chi connectivity index (χ2n) is 5.08. The lowest BCUT2D eigenvalue weighted by atomic mass is 10.2. The number of rotatable bonds is 3. The molecule has 0 aliphatic heterocycles. The molecule has 0 unspecified atom stereocenters. The molecular weight excluding hydrogens is 357 g/mol. The molecule has 1 heterocycles. The van der Waals surface area contributed by atoms with Crippen molar-refractivity contribution in [3.63, 3.8) is 0 Å². The molecule has 0 aliphatic rings. The van der Waals surface area contributed by atoms with Gasteiger partial charge in [-0.3, -0.25) is 4.79 Å². The maximum absolute atomic E-state index is 13.7. The highest BCUT2D eigenvalue weighted by molar-refractivity contribution is 6.30. The van der Waals surface area contributed by atoms with E-state index in [0.717, 1.165) is 6.07 Å². The van der Waals surface area contributed by atoms with Crippen molar-refractivity contribution < 1.29 is 18.0 Å². The number of hydrogen-bond donors (Lipinski definition) is 1. The fourth-order valence-corrected chi connectivity index (χ4v) is 2.29. The summed E-state index contributed by atoms with van der Waals surface area (Å²) >= 11 is 5.90. The molecule has 0 bridgehead atoms. The predicted molar refractivity (Wildman–Crippen MR) is 85.4 cm³/mol. The second kappa shape index (κ2) is 6.56. The molecule has 0 spiro atoms. The molecular formula is C16H10ClF3N4O. The van der Waals surface area contributed by atoms with Crippen LogP contribution in [0, 0.1) is 24.4 Å². The lowest BCUT2D eigenvalue weighted by Crippen LogP contribution is -2.16. The van der Waals surface area contributed by atoms with Gasteiger partial charge in [0.15, 0.2) is 23.1 Å². The first-order chi connectivity index (χ1) is 11.9. The van der Waals surface area contributed by atoms with E-state index in [4.69, 9.17) is 11.6 Å². The summed E-state index contributed by atoms with van der Waals surface area (Å²) in [6.45, 7) is 1.53. The minimum Gasteiger partial charge on any atom is -0.318 e. The molecule has 0 saturated heterocycles. The Morgan fingerprint density at radius 1 is 1.12 bits per heavy atom. The fourth-order valence-electron chi connectivity index (χ4n) is 2.11. The van der Waals surface area contributed by atoms with E-state index in [-0.39, 0.29) is 11.4 Å². The Labute approximate surface area is 145 Å². The van der Waals surface area contributed by atoms with Crippen molar-refractivity contribution in [3.8, 4) is 5.69 Å². The van der Waals surface area contributed by atoms with Crippen molar-refractivity contribution in [2.45, 2.75) is 6.92 Å². The van der Waals surface area contributed by atoms with Gasteiger partial charge in [0, 0.05) is 5.02 Å². The van der Waals surface area contributed by atoms with Crippen LogP contribution in [-0.2, 0) is 0 Å².